The third kappa shape index (κ3) is 3.92. The van der Waals surface area contributed by atoms with Crippen LogP contribution in [0.1, 0.15) is 24.3 Å². The summed E-state index contributed by atoms with van der Waals surface area (Å²) in [7, 11) is 1.64. The van der Waals surface area contributed by atoms with Gasteiger partial charge in [-0.1, -0.05) is 59.6 Å². The number of carbonyl (C=O) groups excluding carboxylic acids is 1. The fraction of sp³-hybridized carbons (Fsp3) is 0.250. The second-order valence-corrected chi connectivity index (χ2v) is 8.06. The van der Waals surface area contributed by atoms with Crippen molar-refractivity contribution >= 4 is 49.9 Å². The van der Waals surface area contributed by atoms with Crippen LogP contribution in [-0.2, 0) is 6.54 Å². The minimum absolute atomic E-state index is 0.194. The maximum absolute atomic E-state index is 13.2. The molecule has 27 heavy (non-hydrogen) atoms. The highest BCUT2D eigenvalue weighted by molar-refractivity contribution is 9.10. The van der Waals surface area contributed by atoms with Crippen LogP contribution in [0.15, 0.2) is 51.7 Å². The van der Waals surface area contributed by atoms with E-state index in [1.54, 1.807) is 43.4 Å². The van der Waals surface area contributed by atoms with E-state index in [4.69, 9.17) is 11.6 Å². The van der Waals surface area contributed by atoms with Crippen molar-refractivity contribution in [1.29, 1.82) is 0 Å². The molecule has 3 rings (SSSR count). The van der Waals surface area contributed by atoms with Gasteiger partial charge in [0, 0.05) is 23.5 Å². The number of nitrogens with zero attached hydrogens (tertiary/aromatic N) is 3. The molecule has 0 saturated carbocycles. The van der Waals surface area contributed by atoms with Gasteiger partial charge in [0.2, 0.25) is 0 Å². The first-order valence-electron chi connectivity index (χ1n) is 8.52. The van der Waals surface area contributed by atoms with E-state index in [-0.39, 0.29) is 23.1 Å². The average Bonchev–Trinajstić information content (AvgIpc) is 2.62. The number of anilines is 1. The third-order valence-corrected chi connectivity index (χ3v) is 4.98. The monoisotopic (exact) mass is 447 g/mol. The van der Waals surface area contributed by atoms with Gasteiger partial charge >= 0.3 is 0 Å². The Morgan fingerprint density at radius 1 is 1.22 bits per heavy atom. The van der Waals surface area contributed by atoms with Crippen LogP contribution in [0.3, 0.4) is 0 Å². The van der Waals surface area contributed by atoms with E-state index >= 15 is 0 Å². The summed E-state index contributed by atoms with van der Waals surface area (Å²) in [5.41, 5.74) is 0.602. The number of amides is 1. The number of rotatable bonds is 4. The second kappa shape index (κ2) is 7.82. The van der Waals surface area contributed by atoms with E-state index in [1.807, 2.05) is 19.9 Å². The Labute approximate surface area is 170 Å². The Balaban J connectivity index is 2.16. The van der Waals surface area contributed by atoms with Gasteiger partial charge in [0.25, 0.3) is 11.5 Å². The maximum atomic E-state index is 13.2. The van der Waals surface area contributed by atoms with Gasteiger partial charge in [0.05, 0.1) is 16.1 Å². The molecule has 0 aliphatic rings. The first kappa shape index (κ1) is 19.6. The minimum Gasteiger partial charge on any atom is -0.309 e. The number of carbonyl (C=O) groups is 1. The van der Waals surface area contributed by atoms with Crippen molar-refractivity contribution in [3.63, 3.8) is 0 Å². The molecule has 5 nitrogen and oxygen atoms in total. The standard InChI is InChI=1S/C20H19BrClN3O2/c1-12(2)11-25-19(26)15-7-5-4-6-14(15)18(23-25)20(27)24(3)17-9-8-13(21)10-16(17)22/h4-10,12H,11H2,1-3H3. The summed E-state index contributed by atoms with van der Waals surface area (Å²) in [5.74, 6) is -0.106. The summed E-state index contributed by atoms with van der Waals surface area (Å²) in [5, 5.41) is 5.85. The van der Waals surface area contributed by atoms with Crippen LogP contribution in [0.25, 0.3) is 10.8 Å². The van der Waals surface area contributed by atoms with Crippen LogP contribution in [0.2, 0.25) is 5.02 Å². The summed E-state index contributed by atoms with van der Waals surface area (Å²) in [6, 6.07) is 12.3. The molecule has 0 saturated heterocycles. The molecule has 140 valence electrons. The number of halogens is 2. The highest BCUT2D eigenvalue weighted by Crippen LogP contribution is 2.29. The van der Waals surface area contributed by atoms with Crippen molar-refractivity contribution < 1.29 is 4.79 Å². The molecule has 7 heteroatoms. The van der Waals surface area contributed by atoms with Gasteiger partial charge in [-0.3, -0.25) is 9.59 Å². The molecule has 2 aromatic carbocycles. The first-order chi connectivity index (χ1) is 12.8. The molecular formula is C20H19BrClN3O2. The summed E-state index contributed by atoms with van der Waals surface area (Å²) < 4.78 is 2.20. The largest absolute Gasteiger partial charge is 0.309 e. The zero-order valence-corrected chi connectivity index (χ0v) is 17.6. The van der Waals surface area contributed by atoms with Gasteiger partial charge in [-0.2, -0.15) is 5.10 Å². The number of hydrogen-bond donors (Lipinski definition) is 0. The summed E-state index contributed by atoms with van der Waals surface area (Å²) in [6.07, 6.45) is 0. The molecular weight excluding hydrogens is 430 g/mol. The van der Waals surface area contributed by atoms with Crippen LogP contribution in [0.4, 0.5) is 5.69 Å². The third-order valence-electron chi connectivity index (χ3n) is 4.18. The molecule has 0 aliphatic carbocycles. The lowest BCUT2D eigenvalue weighted by atomic mass is 10.1. The molecule has 0 fully saturated rings. The van der Waals surface area contributed by atoms with Crippen LogP contribution >= 0.6 is 27.5 Å². The number of aromatic nitrogens is 2. The van der Waals surface area contributed by atoms with Crippen LogP contribution < -0.4 is 10.5 Å². The van der Waals surface area contributed by atoms with Crippen molar-refractivity contribution in [1.82, 2.24) is 9.78 Å². The molecule has 1 aromatic heterocycles. The van der Waals surface area contributed by atoms with E-state index in [2.05, 4.69) is 21.0 Å². The Morgan fingerprint density at radius 2 is 1.89 bits per heavy atom. The molecule has 0 atom stereocenters. The first-order valence-corrected chi connectivity index (χ1v) is 9.69. The molecule has 0 unspecified atom stereocenters. The van der Waals surface area contributed by atoms with Crippen molar-refractivity contribution in [3.8, 4) is 0 Å². The fourth-order valence-electron chi connectivity index (χ4n) is 2.88. The lowest BCUT2D eigenvalue weighted by Gasteiger charge is -2.20. The van der Waals surface area contributed by atoms with E-state index in [0.29, 0.717) is 28.0 Å². The van der Waals surface area contributed by atoms with Gasteiger partial charge in [0.1, 0.15) is 0 Å². The molecule has 0 radical (unpaired) electrons. The van der Waals surface area contributed by atoms with Crippen molar-refractivity contribution in [2.45, 2.75) is 20.4 Å². The highest BCUT2D eigenvalue weighted by atomic mass is 79.9. The van der Waals surface area contributed by atoms with Gasteiger partial charge in [-0.05, 0) is 30.2 Å². The molecule has 3 aromatic rings. The normalized spacial score (nSPS) is 11.2. The van der Waals surface area contributed by atoms with Crippen molar-refractivity contribution in [2.24, 2.45) is 5.92 Å². The SMILES string of the molecule is CC(C)Cn1nc(C(=O)N(C)c2ccc(Br)cc2Cl)c2ccccc2c1=O. The Morgan fingerprint density at radius 3 is 2.52 bits per heavy atom. The smallest absolute Gasteiger partial charge is 0.279 e. The average molecular weight is 449 g/mol. The van der Waals surface area contributed by atoms with Gasteiger partial charge in [-0.25, -0.2) is 4.68 Å². The number of hydrogen-bond acceptors (Lipinski definition) is 3. The Kier molecular flexibility index (Phi) is 5.67. The predicted molar refractivity (Wildman–Crippen MR) is 113 cm³/mol. The van der Waals surface area contributed by atoms with Crippen molar-refractivity contribution in [3.05, 3.63) is 68.0 Å². The molecule has 0 aliphatic heterocycles. The summed E-state index contributed by atoms with van der Waals surface area (Å²) in [4.78, 5) is 27.4. The lowest BCUT2D eigenvalue weighted by Crippen LogP contribution is -2.33. The molecule has 1 amide bonds. The number of benzene rings is 2. The van der Waals surface area contributed by atoms with Gasteiger partial charge < -0.3 is 4.90 Å². The van der Waals surface area contributed by atoms with Crippen molar-refractivity contribution in [2.75, 3.05) is 11.9 Å². The van der Waals surface area contributed by atoms with Crippen LogP contribution in [0.5, 0.6) is 0 Å². The maximum Gasteiger partial charge on any atom is 0.279 e. The lowest BCUT2D eigenvalue weighted by molar-refractivity contribution is 0.0987. The van der Waals surface area contributed by atoms with Gasteiger partial charge in [0.15, 0.2) is 5.69 Å². The van der Waals surface area contributed by atoms with E-state index < -0.39 is 0 Å². The second-order valence-electron chi connectivity index (χ2n) is 6.74. The Hall–Kier alpha value is -2.18. The van der Waals surface area contributed by atoms with E-state index in [0.717, 1.165) is 4.47 Å². The Bertz CT molecular complexity index is 1080. The summed E-state index contributed by atoms with van der Waals surface area (Å²) in [6.45, 7) is 4.43. The molecule has 1 heterocycles. The highest BCUT2D eigenvalue weighted by Gasteiger charge is 2.22. The van der Waals surface area contributed by atoms with Crippen LogP contribution in [0, 0.1) is 5.92 Å². The van der Waals surface area contributed by atoms with E-state index in [1.165, 1.54) is 9.58 Å². The minimum atomic E-state index is -0.326. The molecule has 0 spiro atoms. The van der Waals surface area contributed by atoms with E-state index in [9.17, 15) is 9.59 Å². The molecule has 0 bridgehead atoms. The van der Waals surface area contributed by atoms with Crippen LogP contribution in [-0.4, -0.2) is 22.7 Å². The predicted octanol–water partition coefficient (Wildman–Crippen LogP) is 4.75. The topological polar surface area (TPSA) is 55.2 Å². The fourth-order valence-corrected chi connectivity index (χ4v) is 3.68. The molecule has 0 N–H and O–H groups in total. The zero-order chi connectivity index (χ0) is 19.7. The zero-order valence-electron chi connectivity index (χ0n) is 15.2. The number of fused-ring (bicyclic) bond motifs is 1. The van der Waals surface area contributed by atoms with Gasteiger partial charge in [-0.15, -0.1) is 0 Å². The quantitative estimate of drug-likeness (QED) is 0.579. The summed E-state index contributed by atoms with van der Waals surface area (Å²) >= 11 is 9.66.